The molecule has 4 heteroatoms. The lowest BCUT2D eigenvalue weighted by Gasteiger charge is -2.22. The lowest BCUT2D eigenvalue weighted by Crippen LogP contribution is -2.37. The number of carboxylic acid groups (broad SMARTS) is 1. The first-order valence-electron chi connectivity index (χ1n) is 4.51. The number of benzene rings is 1. The van der Waals surface area contributed by atoms with Crippen LogP contribution in [0.5, 0.6) is 5.75 Å². The van der Waals surface area contributed by atoms with Crippen LogP contribution in [0.25, 0.3) is 0 Å². The topological polar surface area (TPSA) is 46.5 Å². The molecule has 1 rings (SSSR count). The van der Waals surface area contributed by atoms with Gasteiger partial charge < -0.3 is 9.84 Å². The SMILES string of the molecule is Cc1ccc(OC(C)(C)C(=O)O)c(Br)c1. The number of rotatable bonds is 3. The van der Waals surface area contributed by atoms with E-state index in [0.29, 0.717) is 5.75 Å². The Balaban J connectivity index is 2.95. The number of carbonyl (C=O) groups is 1. The molecule has 0 spiro atoms. The minimum absolute atomic E-state index is 0.535. The molecule has 0 fully saturated rings. The maximum atomic E-state index is 10.9. The van der Waals surface area contributed by atoms with Crippen molar-refractivity contribution in [2.75, 3.05) is 0 Å². The summed E-state index contributed by atoms with van der Waals surface area (Å²) in [5.41, 5.74) is -0.139. The van der Waals surface area contributed by atoms with Crippen molar-refractivity contribution in [1.82, 2.24) is 0 Å². The summed E-state index contributed by atoms with van der Waals surface area (Å²) in [6.07, 6.45) is 0. The van der Waals surface area contributed by atoms with E-state index in [1.165, 1.54) is 13.8 Å². The van der Waals surface area contributed by atoms with Gasteiger partial charge >= 0.3 is 5.97 Å². The zero-order chi connectivity index (χ0) is 11.6. The van der Waals surface area contributed by atoms with E-state index in [2.05, 4.69) is 15.9 Å². The van der Waals surface area contributed by atoms with Crippen molar-refractivity contribution < 1.29 is 14.6 Å². The van der Waals surface area contributed by atoms with Crippen molar-refractivity contribution in [2.24, 2.45) is 0 Å². The third-order valence-electron chi connectivity index (χ3n) is 1.97. The summed E-state index contributed by atoms with van der Waals surface area (Å²) in [6.45, 7) is 4.99. The number of halogens is 1. The van der Waals surface area contributed by atoms with Crippen molar-refractivity contribution in [1.29, 1.82) is 0 Å². The Kier molecular flexibility index (Phi) is 3.39. The summed E-state index contributed by atoms with van der Waals surface area (Å²) in [5.74, 6) is -0.456. The predicted molar refractivity (Wildman–Crippen MR) is 61.2 cm³/mol. The highest BCUT2D eigenvalue weighted by atomic mass is 79.9. The Morgan fingerprint density at radius 2 is 2.07 bits per heavy atom. The van der Waals surface area contributed by atoms with E-state index in [-0.39, 0.29) is 0 Å². The molecule has 1 aromatic carbocycles. The lowest BCUT2D eigenvalue weighted by atomic mass is 10.1. The molecule has 0 atom stereocenters. The zero-order valence-electron chi connectivity index (χ0n) is 8.87. The van der Waals surface area contributed by atoms with Crippen LogP contribution in [0.3, 0.4) is 0 Å². The van der Waals surface area contributed by atoms with Crippen molar-refractivity contribution >= 4 is 21.9 Å². The van der Waals surface area contributed by atoms with Crippen molar-refractivity contribution in [3.05, 3.63) is 28.2 Å². The zero-order valence-corrected chi connectivity index (χ0v) is 10.5. The molecule has 0 saturated carbocycles. The second-order valence-corrected chi connectivity index (χ2v) is 4.71. The van der Waals surface area contributed by atoms with Gasteiger partial charge in [0.15, 0.2) is 5.60 Å². The third kappa shape index (κ3) is 2.96. The number of ether oxygens (including phenoxy) is 1. The molecule has 0 aromatic heterocycles. The number of aryl methyl sites for hydroxylation is 1. The Hall–Kier alpha value is -1.03. The summed E-state index contributed by atoms with van der Waals surface area (Å²) in [4.78, 5) is 10.9. The minimum atomic E-state index is -1.22. The van der Waals surface area contributed by atoms with E-state index < -0.39 is 11.6 Å². The second kappa shape index (κ2) is 4.23. The van der Waals surface area contributed by atoms with Crippen molar-refractivity contribution in [3.63, 3.8) is 0 Å². The molecule has 0 aliphatic heterocycles. The van der Waals surface area contributed by atoms with Crippen LogP contribution in [0, 0.1) is 6.92 Å². The van der Waals surface area contributed by atoms with Gasteiger partial charge in [-0.1, -0.05) is 6.07 Å². The summed E-state index contributed by atoms with van der Waals surface area (Å²) < 4.78 is 6.16. The molecule has 0 aliphatic carbocycles. The number of hydrogen-bond acceptors (Lipinski definition) is 2. The minimum Gasteiger partial charge on any atom is -0.478 e. The molecule has 0 bridgehead atoms. The van der Waals surface area contributed by atoms with Crippen LogP contribution in [-0.2, 0) is 4.79 Å². The summed E-state index contributed by atoms with van der Waals surface area (Å²) in [5, 5.41) is 8.91. The van der Waals surface area contributed by atoms with Gasteiger partial charge in [0.2, 0.25) is 0 Å². The van der Waals surface area contributed by atoms with Gasteiger partial charge in [0, 0.05) is 0 Å². The van der Waals surface area contributed by atoms with Gasteiger partial charge in [0.1, 0.15) is 5.75 Å². The summed E-state index contributed by atoms with van der Waals surface area (Å²) >= 11 is 3.33. The fraction of sp³-hybridized carbons (Fsp3) is 0.364. The van der Waals surface area contributed by atoms with Crippen LogP contribution in [0.4, 0.5) is 0 Å². The fourth-order valence-electron chi connectivity index (χ4n) is 1.01. The standard InChI is InChI=1S/C11H13BrO3/c1-7-4-5-9(8(12)6-7)15-11(2,3)10(13)14/h4-6H,1-3H3,(H,13,14). The Bertz CT molecular complexity index is 385. The Labute approximate surface area is 97.2 Å². The van der Waals surface area contributed by atoms with Gasteiger partial charge in [-0.05, 0) is 54.4 Å². The molecule has 0 aliphatic rings. The van der Waals surface area contributed by atoms with Crippen LogP contribution >= 0.6 is 15.9 Å². The molecule has 82 valence electrons. The molecule has 1 aromatic rings. The van der Waals surface area contributed by atoms with E-state index in [9.17, 15) is 4.79 Å². The van der Waals surface area contributed by atoms with Crippen LogP contribution in [-0.4, -0.2) is 16.7 Å². The van der Waals surface area contributed by atoms with Crippen molar-refractivity contribution in [3.8, 4) is 5.75 Å². The first-order valence-corrected chi connectivity index (χ1v) is 5.31. The van der Waals surface area contributed by atoms with Crippen LogP contribution in [0.15, 0.2) is 22.7 Å². The van der Waals surface area contributed by atoms with E-state index in [1.807, 2.05) is 19.1 Å². The van der Waals surface area contributed by atoms with Crippen LogP contribution < -0.4 is 4.74 Å². The Morgan fingerprint density at radius 3 is 2.53 bits per heavy atom. The highest BCUT2D eigenvalue weighted by molar-refractivity contribution is 9.10. The van der Waals surface area contributed by atoms with E-state index in [0.717, 1.165) is 10.0 Å². The molecular formula is C11H13BrO3. The molecule has 0 unspecified atom stereocenters. The van der Waals surface area contributed by atoms with E-state index in [1.54, 1.807) is 6.07 Å². The van der Waals surface area contributed by atoms with Crippen LogP contribution in [0.2, 0.25) is 0 Å². The molecule has 0 saturated heterocycles. The normalized spacial score (nSPS) is 11.2. The lowest BCUT2D eigenvalue weighted by molar-refractivity contribution is -0.152. The molecule has 0 radical (unpaired) electrons. The average Bonchev–Trinajstić information content (AvgIpc) is 2.09. The molecule has 15 heavy (non-hydrogen) atoms. The van der Waals surface area contributed by atoms with Gasteiger partial charge in [-0.3, -0.25) is 0 Å². The molecule has 1 N–H and O–H groups in total. The molecule has 3 nitrogen and oxygen atoms in total. The first kappa shape index (κ1) is 12.0. The van der Waals surface area contributed by atoms with Crippen molar-refractivity contribution in [2.45, 2.75) is 26.4 Å². The quantitative estimate of drug-likeness (QED) is 0.920. The highest BCUT2D eigenvalue weighted by Gasteiger charge is 2.29. The van der Waals surface area contributed by atoms with Gasteiger partial charge in [0.05, 0.1) is 4.47 Å². The van der Waals surface area contributed by atoms with Gasteiger partial charge in [-0.25, -0.2) is 4.79 Å². The van der Waals surface area contributed by atoms with Gasteiger partial charge in [-0.15, -0.1) is 0 Å². The molecular weight excluding hydrogens is 260 g/mol. The largest absolute Gasteiger partial charge is 0.478 e. The second-order valence-electron chi connectivity index (χ2n) is 3.85. The third-order valence-corrected chi connectivity index (χ3v) is 2.59. The predicted octanol–water partition coefficient (Wildman–Crippen LogP) is 3.00. The summed E-state index contributed by atoms with van der Waals surface area (Å²) in [7, 11) is 0. The number of carboxylic acids is 1. The number of aliphatic carboxylic acids is 1. The highest BCUT2D eigenvalue weighted by Crippen LogP contribution is 2.29. The summed E-state index contributed by atoms with van der Waals surface area (Å²) in [6, 6.07) is 5.51. The molecule has 0 heterocycles. The average molecular weight is 273 g/mol. The van der Waals surface area contributed by atoms with Gasteiger partial charge in [-0.2, -0.15) is 0 Å². The monoisotopic (exact) mass is 272 g/mol. The maximum absolute atomic E-state index is 10.9. The molecule has 0 amide bonds. The number of hydrogen-bond donors (Lipinski definition) is 1. The fourth-order valence-corrected chi connectivity index (χ4v) is 1.58. The van der Waals surface area contributed by atoms with Gasteiger partial charge in [0.25, 0.3) is 0 Å². The maximum Gasteiger partial charge on any atom is 0.347 e. The smallest absolute Gasteiger partial charge is 0.347 e. The first-order chi connectivity index (χ1) is 6.83. The van der Waals surface area contributed by atoms with E-state index >= 15 is 0 Å². The van der Waals surface area contributed by atoms with Crippen LogP contribution in [0.1, 0.15) is 19.4 Å². The van der Waals surface area contributed by atoms with E-state index in [4.69, 9.17) is 9.84 Å². The Morgan fingerprint density at radius 1 is 1.47 bits per heavy atom.